The first kappa shape index (κ1) is 11.4. The molecule has 2 aliphatic rings. The van der Waals surface area contributed by atoms with Gasteiger partial charge in [-0.3, -0.25) is 0 Å². The van der Waals surface area contributed by atoms with Gasteiger partial charge in [0.1, 0.15) is 0 Å². The van der Waals surface area contributed by atoms with Gasteiger partial charge in [0.15, 0.2) is 0 Å². The third-order valence-electron chi connectivity index (χ3n) is 3.92. The molecule has 0 aromatic heterocycles. The van der Waals surface area contributed by atoms with Gasteiger partial charge in [-0.2, -0.15) is 0 Å². The SMILES string of the molecule is C=C(Cl)CNC1CC2CCCC(C1)N2C. The average Bonchev–Trinajstić information content (AvgIpc) is 2.15. The first-order valence-corrected chi connectivity index (χ1v) is 6.33. The minimum absolute atomic E-state index is 0.645. The highest BCUT2D eigenvalue weighted by Crippen LogP contribution is 2.32. The number of hydrogen-bond donors (Lipinski definition) is 1. The summed E-state index contributed by atoms with van der Waals surface area (Å²) in [7, 11) is 2.28. The van der Waals surface area contributed by atoms with Crippen LogP contribution in [0.4, 0.5) is 0 Å². The molecule has 2 saturated heterocycles. The van der Waals surface area contributed by atoms with Crippen LogP contribution in [0.5, 0.6) is 0 Å². The first-order chi connectivity index (χ1) is 7.16. The summed E-state index contributed by atoms with van der Waals surface area (Å²) in [5, 5.41) is 4.23. The van der Waals surface area contributed by atoms with Crippen molar-refractivity contribution < 1.29 is 0 Å². The van der Waals surface area contributed by atoms with Crippen LogP contribution in [-0.2, 0) is 0 Å². The summed E-state index contributed by atoms with van der Waals surface area (Å²) in [6.45, 7) is 4.48. The lowest BCUT2D eigenvalue weighted by atomic mass is 9.82. The van der Waals surface area contributed by atoms with E-state index < -0.39 is 0 Å². The molecule has 2 bridgehead atoms. The normalized spacial score (nSPS) is 36.5. The highest BCUT2D eigenvalue weighted by Gasteiger charge is 2.35. The molecule has 0 aromatic carbocycles. The van der Waals surface area contributed by atoms with Crippen molar-refractivity contribution in [2.24, 2.45) is 0 Å². The van der Waals surface area contributed by atoms with Gasteiger partial charge in [-0.1, -0.05) is 24.6 Å². The third-order valence-corrected chi connectivity index (χ3v) is 4.06. The highest BCUT2D eigenvalue weighted by molar-refractivity contribution is 6.29. The summed E-state index contributed by atoms with van der Waals surface area (Å²) >= 11 is 5.78. The molecular formula is C12H21ClN2. The third kappa shape index (κ3) is 2.74. The summed E-state index contributed by atoms with van der Waals surface area (Å²) in [4.78, 5) is 2.58. The minimum Gasteiger partial charge on any atom is -0.309 e. The Kier molecular flexibility index (Phi) is 3.70. The lowest BCUT2D eigenvalue weighted by Gasteiger charge is -2.47. The highest BCUT2D eigenvalue weighted by atomic mass is 35.5. The van der Waals surface area contributed by atoms with Gasteiger partial charge in [0.2, 0.25) is 0 Å². The minimum atomic E-state index is 0.645. The lowest BCUT2D eigenvalue weighted by molar-refractivity contribution is 0.0494. The molecule has 15 heavy (non-hydrogen) atoms. The van der Waals surface area contributed by atoms with Crippen LogP contribution < -0.4 is 5.32 Å². The van der Waals surface area contributed by atoms with Gasteiger partial charge >= 0.3 is 0 Å². The molecule has 0 aromatic rings. The maximum atomic E-state index is 5.78. The van der Waals surface area contributed by atoms with E-state index >= 15 is 0 Å². The van der Waals surface area contributed by atoms with E-state index in [1.165, 1.54) is 32.1 Å². The molecule has 2 unspecified atom stereocenters. The van der Waals surface area contributed by atoms with E-state index in [1.54, 1.807) is 0 Å². The Hall–Kier alpha value is -0.0500. The monoisotopic (exact) mass is 228 g/mol. The van der Waals surface area contributed by atoms with Gasteiger partial charge in [0.25, 0.3) is 0 Å². The number of piperidine rings is 2. The van der Waals surface area contributed by atoms with E-state index in [4.69, 9.17) is 11.6 Å². The van der Waals surface area contributed by atoms with E-state index in [1.807, 2.05) is 0 Å². The number of fused-ring (bicyclic) bond motifs is 2. The van der Waals surface area contributed by atoms with Gasteiger partial charge in [0.05, 0.1) is 0 Å². The van der Waals surface area contributed by atoms with Crippen molar-refractivity contribution in [1.82, 2.24) is 10.2 Å². The van der Waals surface area contributed by atoms with Crippen LogP contribution in [0.1, 0.15) is 32.1 Å². The van der Waals surface area contributed by atoms with Gasteiger partial charge in [0, 0.05) is 29.7 Å². The second-order valence-corrected chi connectivity index (χ2v) is 5.51. The topological polar surface area (TPSA) is 15.3 Å². The molecule has 3 heteroatoms. The van der Waals surface area contributed by atoms with Crippen molar-refractivity contribution in [2.75, 3.05) is 13.6 Å². The maximum Gasteiger partial charge on any atom is 0.0310 e. The van der Waals surface area contributed by atoms with E-state index in [9.17, 15) is 0 Å². The zero-order chi connectivity index (χ0) is 10.8. The Labute approximate surface area is 97.7 Å². The lowest BCUT2D eigenvalue weighted by Crippen LogP contribution is -2.54. The molecule has 2 aliphatic heterocycles. The number of nitrogens with one attached hydrogen (secondary N) is 1. The van der Waals surface area contributed by atoms with Crippen molar-refractivity contribution >= 4 is 11.6 Å². The van der Waals surface area contributed by atoms with Crippen LogP contribution in [0.15, 0.2) is 11.6 Å². The van der Waals surface area contributed by atoms with Crippen LogP contribution >= 0.6 is 11.6 Å². The fourth-order valence-corrected chi connectivity index (χ4v) is 3.11. The molecule has 2 heterocycles. The smallest absolute Gasteiger partial charge is 0.0310 e. The first-order valence-electron chi connectivity index (χ1n) is 5.95. The van der Waals surface area contributed by atoms with Crippen molar-refractivity contribution in [1.29, 1.82) is 0 Å². The molecule has 0 aliphatic carbocycles. The van der Waals surface area contributed by atoms with Crippen molar-refractivity contribution in [2.45, 2.75) is 50.2 Å². The summed E-state index contributed by atoms with van der Waals surface area (Å²) in [5.41, 5.74) is 0. The molecule has 1 N–H and O–H groups in total. The standard InChI is InChI=1S/C12H21ClN2/c1-9(13)8-14-10-6-11-4-3-5-12(7-10)15(11)2/h10-12,14H,1,3-8H2,2H3. The molecule has 0 radical (unpaired) electrons. The Balaban J connectivity index is 1.87. The van der Waals surface area contributed by atoms with Crippen LogP contribution in [0.2, 0.25) is 0 Å². The quantitative estimate of drug-likeness (QED) is 0.798. The Morgan fingerprint density at radius 1 is 1.40 bits per heavy atom. The summed E-state index contributed by atoms with van der Waals surface area (Å²) in [5.74, 6) is 0. The van der Waals surface area contributed by atoms with Crippen molar-refractivity contribution in [3.05, 3.63) is 11.6 Å². The molecular weight excluding hydrogens is 208 g/mol. The molecule has 2 rings (SSSR count). The van der Waals surface area contributed by atoms with Gasteiger partial charge in [-0.25, -0.2) is 0 Å². The van der Waals surface area contributed by atoms with Crippen LogP contribution in [0.25, 0.3) is 0 Å². The van der Waals surface area contributed by atoms with Gasteiger partial charge < -0.3 is 10.2 Å². The summed E-state index contributed by atoms with van der Waals surface area (Å²) in [6.07, 6.45) is 6.70. The molecule has 0 saturated carbocycles. The fourth-order valence-electron chi connectivity index (χ4n) is 3.04. The van der Waals surface area contributed by atoms with E-state index in [0.717, 1.165) is 23.7 Å². The van der Waals surface area contributed by atoms with E-state index in [-0.39, 0.29) is 0 Å². The molecule has 0 spiro atoms. The zero-order valence-corrected chi connectivity index (χ0v) is 10.3. The summed E-state index contributed by atoms with van der Waals surface area (Å²) < 4.78 is 0. The Morgan fingerprint density at radius 2 is 2.00 bits per heavy atom. The number of rotatable bonds is 3. The summed E-state index contributed by atoms with van der Waals surface area (Å²) in [6, 6.07) is 2.23. The molecule has 2 fully saturated rings. The maximum absolute atomic E-state index is 5.78. The molecule has 86 valence electrons. The Bertz CT molecular complexity index is 228. The number of halogens is 1. The van der Waals surface area contributed by atoms with Crippen LogP contribution in [-0.4, -0.2) is 36.6 Å². The number of hydrogen-bond acceptors (Lipinski definition) is 2. The van der Waals surface area contributed by atoms with E-state index in [2.05, 4.69) is 23.8 Å². The second-order valence-electron chi connectivity index (χ2n) is 4.97. The van der Waals surface area contributed by atoms with Gasteiger partial charge in [-0.15, -0.1) is 0 Å². The van der Waals surface area contributed by atoms with E-state index in [0.29, 0.717) is 6.04 Å². The van der Waals surface area contributed by atoms with Crippen molar-refractivity contribution in [3.8, 4) is 0 Å². The molecule has 2 atom stereocenters. The second kappa shape index (κ2) is 4.86. The van der Waals surface area contributed by atoms with Crippen molar-refractivity contribution in [3.63, 3.8) is 0 Å². The molecule has 2 nitrogen and oxygen atoms in total. The Morgan fingerprint density at radius 3 is 2.53 bits per heavy atom. The average molecular weight is 229 g/mol. The van der Waals surface area contributed by atoms with Crippen LogP contribution in [0, 0.1) is 0 Å². The van der Waals surface area contributed by atoms with Crippen LogP contribution in [0.3, 0.4) is 0 Å². The predicted octanol–water partition coefficient (Wildman–Crippen LogP) is 2.34. The largest absolute Gasteiger partial charge is 0.309 e. The predicted molar refractivity (Wildman–Crippen MR) is 65.2 cm³/mol. The molecule has 0 amide bonds. The number of nitrogens with zero attached hydrogens (tertiary/aromatic N) is 1. The van der Waals surface area contributed by atoms with Gasteiger partial charge in [-0.05, 0) is 32.7 Å². The zero-order valence-electron chi connectivity index (χ0n) is 9.51. The fraction of sp³-hybridized carbons (Fsp3) is 0.833.